The first kappa shape index (κ1) is 26.1. The lowest BCUT2D eigenvalue weighted by atomic mass is 9.98. The average Bonchev–Trinajstić information content (AvgIpc) is 3.36. The lowest BCUT2D eigenvalue weighted by Gasteiger charge is -2.12. The van der Waals surface area contributed by atoms with Gasteiger partial charge in [-0.25, -0.2) is 4.57 Å². The van der Waals surface area contributed by atoms with Gasteiger partial charge in [0, 0.05) is 12.0 Å². The van der Waals surface area contributed by atoms with E-state index in [0.717, 1.165) is 45.4 Å². The molecule has 41 heavy (non-hydrogen) atoms. The fraction of sp³-hybridized carbons (Fsp3) is 0.143. The predicted octanol–water partition coefficient (Wildman–Crippen LogP) is 6.55. The van der Waals surface area contributed by atoms with Crippen molar-refractivity contribution >= 4 is 16.9 Å². The third-order valence-corrected chi connectivity index (χ3v) is 7.50. The summed E-state index contributed by atoms with van der Waals surface area (Å²) in [6.45, 7) is 1.35. The maximum Gasteiger partial charge on any atom is 0.232 e. The molecule has 6 nitrogen and oxygen atoms in total. The van der Waals surface area contributed by atoms with Crippen LogP contribution < -0.4 is 19.8 Å². The fourth-order valence-electron chi connectivity index (χ4n) is 5.48. The molecule has 0 fully saturated rings. The molecule has 0 aliphatic heterocycles. The van der Waals surface area contributed by atoms with E-state index >= 15 is 0 Å². The van der Waals surface area contributed by atoms with Gasteiger partial charge in [0.25, 0.3) is 0 Å². The van der Waals surface area contributed by atoms with Crippen LogP contribution in [0.15, 0.2) is 116 Å². The van der Waals surface area contributed by atoms with Crippen LogP contribution in [-0.2, 0) is 19.5 Å². The molecule has 2 aromatic heterocycles. The first-order valence-electron chi connectivity index (χ1n) is 13.7. The normalized spacial score (nSPS) is 11.1. The summed E-state index contributed by atoms with van der Waals surface area (Å²) in [5.41, 5.74) is 14.7. The van der Waals surface area contributed by atoms with Crippen LogP contribution in [0.25, 0.3) is 33.4 Å². The van der Waals surface area contributed by atoms with Crippen LogP contribution in [0.5, 0.6) is 11.5 Å². The number of fused-ring (bicyclic) bond motifs is 1. The van der Waals surface area contributed by atoms with Crippen molar-refractivity contribution in [3.8, 4) is 33.9 Å². The first-order chi connectivity index (χ1) is 20.2. The van der Waals surface area contributed by atoms with Gasteiger partial charge in [0.05, 0.1) is 33.0 Å². The zero-order valence-electron chi connectivity index (χ0n) is 23.3. The van der Waals surface area contributed by atoms with Gasteiger partial charge in [-0.1, -0.05) is 102 Å². The maximum absolute atomic E-state index is 7.04. The molecule has 0 aliphatic rings. The highest BCUT2D eigenvalue weighted by Crippen LogP contribution is 2.42. The predicted molar refractivity (Wildman–Crippen MR) is 164 cm³/mol. The molecule has 0 spiro atoms. The summed E-state index contributed by atoms with van der Waals surface area (Å²) >= 11 is 0. The molecule has 2 N–H and O–H groups in total. The molecule has 0 aliphatic carbocycles. The Labute approximate surface area is 240 Å². The number of benzene rings is 4. The van der Waals surface area contributed by atoms with Crippen LogP contribution in [0.3, 0.4) is 0 Å². The topological polar surface area (TPSA) is 66.2 Å². The van der Waals surface area contributed by atoms with Crippen molar-refractivity contribution in [1.82, 2.24) is 9.55 Å². The number of nitrogens with zero attached hydrogens (tertiary/aromatic N) is 3. The van der Waals surface area contributed by atoms with E-state index < -0.39 is 0 Å². The molecule has 0 saturated carbocycles. The lowest BCUT2D eigenvalue weighted by Crippen LogP contribution is -2.38. The van der Waals surface area contributed by atoms with Gasteiger partial charge in [-0.15, -0.1) is 0 Å². The van der Waals surface area contributed by atoms with Crippen LogP contribution in [0.1, 0.15) is 11.1 Å². The van der Waals surface area contributed by atoms with E-state index in [0.29, 0.717) is 30.4 Å². The van der Waals surface area contributed by atoms with Crippen molar-refractivity contribution in [2.45, 2.75) is 19.5 Å². The first-order valence-corrected chi connectivity index (χ1v) is 13.7. The van der Waals surface area contributed by atoms with Gasteiger partial charge in [0.2, 0.25) is 17.8 Å². The molecule has 0 unspecified atom stereocenters. The quantitative estimate of drug-likeness (QED) is 0.211. The van der Waals surface area contributed by atoms with Crippen molar-refractivity contribution in [1.29, 1.82) is 0 Å². The number of ether oxygens (including phenoxy) is 2. The highest BCUT2D eigenvalue weighted by molar-refractivity contribution is 6.07. The standard InChI is InChI=1S/C35H32N4O2/c1-40-29-19-18-25(22-30(29)41-2)20-21-38-24-37-35-32(34(38)36)31(27-14-8-4-9-15-27)33(28-16-10-5-11-17-28)39(35)23-26-12-6-3-7-13-26/h3-19,22,24,36H,20-21,23H2,1-2H3/p+1. The Balaban J connectivity index is 1.52. The van der Waals surface area contributed by atoms with E-state index in [9.17, 15) is 0 Å². The molecule has 6 heteroatoms. The van der Waals surface area contributed by atoms with Crippen LogP contribution in [0.2, 0.25) is 0 Å². The largest absolute Gasteiger partial charge is 0.493 e. The molecular weight excluding hydrogens is 508 g/mol. The molecule has 204 valence electrons. The van der Waals surface area contributed by atoms with Gasteiger partial charge in [0.1, 0.15) is 5.39 Å². The Morgan fingerprint density at radius 1 is 0.732 bits per heavy atom. The number of nitrogens with two attached hydrogens (primary N) is 1. The van der Waals surface area contributed by atoms with Gasteiger partial charge in [0.15, 0.2) is 11.5 Å². The highest BCUT2D eigenvalue weighted by Gasteiger charge is 2.27. The van der Waals surface area contributed by atoms with Gasteiger partial charge in [-0.3, -0.25) is 0 Å². The van der Waals surface area contributed by atoms with Crippen LogP contribution in [-0.4, -0.2) is 23.8 Å². The van der Waals surface area contributed by atoms with Gasteiger partial charge >= 0.3 is 0 Å². The van der Waals surface area contributed by atoms with Gasteiger partial charge in [-0.05, 0) is 34.4 Å². The second kappa shape index (κ2) is 11.6. The van der Waals surface area contributed by atoms with Crippen molar-refractivity contribution < 1.29 is 14.0 Å². The van der Waals surface area contributed by atoms with Crippen LogP contribution >= 0.6 is 0 Å². The van der Waals surface area contributed by atoms with E-state index in [2.05, 4.69) is 83.4 Å². The van der Waals surface area contributed by atoms with Gasteiger partial charge < -0.3 is 19.8 Å². The molecule has 0 atom stereocenters. The third kappa shape index (κ3) is 5.12. The molecule has 0 radical (unpaired) electrons. The summed E-state index contributed by atoms with van der Waals surface area (Å²) in [7, 11) is 3.30. The number of nitrogen functional groups attached to an aromatic ring is 1. The van der Waals surface area contributed by atoms with E-state index in [4.69, 9.17) is 20.2 Å². The molecule has 4 aromatic carbocycles. The molecule has 6 aromatic rings. The Kier molecular flexibility index (Phi) is 7.37. The number of hydrogen-bond donors (Lipinski definition) is 1. The Hall–Kier alpha value is -5.10. The summed E-state index contributed by atoms with van der Waals surface area (Å²) in [6.07, 6.45) is 2.63. The SMILES string of the molecule is COc1ccc(CC[n+]2cnc3c(c(-c4ccccc4)c(-c4ccccc4)n3Cc3ccccc3)c2N)cc1OC. The van der Waals surface area contributed by atoms with Crippen LogP contribution in [0, 0.1) is 0 Å². The summed E-state index contributed by atoms with van der Waals surface area (Å²) < 4.78 is 15.3. The summed E-state index contributed by atoms with van der Waals surface area (Å²) in [4.78, 5) is 5.05. The summed E-state index contributed by atoms with van der Waals surface area (Å²) in [5.74, 6) is 2.12. The van der Waals surface area contributed by atoms with Crippen molar-refractivity contribution in [3.05, 3.63) is 127 Å². The number of hydrogen-bond acceptors (Lipinski definition) is 4. The number of aryl methyl sites for hydroxylation is 2. The van der Waals surface area contributed by atoms with Crippen molar-refractivity contribution in [2.75, 3.05) is 20.0 Å². The molecule has 0 amide bonds. The zero-order valence-corrected chi connectivity index (χ0v) is 23.3. The van der Waals surface area contributed by atoms with Gasteiger partial charge in [-0.2, -0.15) is 0 Å². The molecule has 2 heterocycles. The minimum atomic E-state index is 0.670. The van der Waals surface area contributed by atoms with Crippen molar-refractivity contribution in [2.24, 2.45) is 0 Å². The summed E-state index contributed by atoms with van der Waals surface area (Å²) in [5, 5.41) is 0.959. The number of anilines is 1. The number of rotatable bonds is 9. The van der Waals surface area contributed by atoms with E-state index in [1.165, 1.54) is 5.56 Å². The molecular formula is C35H33N4O2+. The second-order valence-corrected chi connectivity index (χ2v) is 9.99. The van der Waals surface area contributed by atoms with E-state index in [1.807, 2.05) is 41.2 Å². The minimum absolute atomic E-state index is 0.670. The zero-order chi connectivity index (χ0) is 28.2. The maximum atomic E-state index is 7.04. The van der Waals surface area contributed by atoms with Crippen molar-refractivity contribution in [3.63, 3.8) is 0 Å². The molecule has 6 rings (SSSR count). The molecule has 0 bridgehead atoms. The minimum Gasteiger partial charge on any atom is -0.493 e. The number of methoxy groups -OCH3 is 2. The van der Waals surface area contributed by atoms with E-state index in [1.54, 1.807) is 14.2 Å². The third-order valence-electron chi connectivity index (χ3n) is 7.50. The number of aromatic nitrogens is 3. The van der Waals surface area contributed by atoms with Crippen LogP contribution in [0.4, 0.5) is 5.82 Å². The monoisotopic (exact) mass is 541 g/mol. The Bertz CT molecular complexity index is 1780. The smallest absolute Gasteiger partial charge is 0.232 e. The average molecular weight is 542 g/mol. The Morgan fingerprint density at radius 2 is 1.37 bits per heavy atom. The molecule has 0 saturated heterocycles. The Morgan fingerprint density at radius 3 is 2.02 bits per heavy atom. The van der Waals surface area contributed by atoms with E-state index in [-0.39, 0.29) is 0 Å². The lowest BCUT2D eigenvalue weighted by molar-refractivity contribution is -0.684. The second-order valence-electron chi connectivity index (χ2n) is 9.99. The summed E-state index contributed by atoms with van der Waals surface area (Å²) in [6, 6.07) is 37.5. The highest BCUT2D eigenvalue weighted by atomic mass is 16.5. The fourth-order valence-corrected chi connectivity index (χ4v) is 5.48.